The number of ether oxygens (including phenoxy) is 1. The van der Waals surface area contributed by atoms with E-state index in [1.54, 1.807) is 30.3 Å². The van der Waals surface area contributed by atoms with Crippen molar-refractivity contribution >= 4 is 58.4 Å². The fraction of sp³-hybridized carbons (Fsp3) is 0.111. The summed E-state index contributed by atoms with van der Waals surface area (Å²) in [6.45, 7) is 1.46. The third-order valence-corrected chi connectivity index (χ3v) is 3.98. The van der Waals surface area contributed by atoms with E-state index in [0.717, 1.165) is 5.56 Å². The van der Waals surface area contributed by atoms with Gasteiger partial charge in [-0.1, -0.05) is 46.9 Å². The number of rotatable bonds is 5. The molecule has 1 amide bonds. The Morgan fingerprint density at radius 3 is 2.52 bits per heavy atom. The molecule has 0 heterocycles. The molecule has 0 radical (unpaired) electrons. The average Bonchev–Trinajstić information content (AvgIpc) is 2.55. The second-order valence-corrected chi connectivity index (χ2v) is 6.39. The first kappa shape index (κ1) is 19.3. The zero-order valence-corrected chi connectivity index (χ0v) is 15.5. The minimum atomic E-state index is -0.670. The highest BCUT2D eigenvalue weighted by Gasteiger charge is 2.08. The Morgan fingerprint density at radius 2 is 1.84 bits per heavy atom. The summed E-state index contributed by atoms with van der Waals surface area (Å²) in [4.78, 5) is 23.5. The first-order valence-electron chi connectivity index (χ1n) is 7.21. The molecule has 0 fully saturated rings. The summed E-state index contributed by atoms with van der Waals surface area (Å²) in [5.74, 6) is -1.16. The molecule has 2 aromatic rings. The van der Waals surface area contributed by atoms with Gasteiger partial charge in [0.05, 0.1) is 10.7 Å². The molecule has 0 aromatic heterocycles. The number of esters is 1. The number of amides is 1. The molecular formula is C18H14Cl3NO3. The highest BCUT2D eigenvalue weighted by Crippen LogP contribution is 2.23. The Balaban J connectivity index is 1.86. The maximum absolute atomic E-state index is 11.8. The van der Waals surface area contributed by atoms with E-state index in [0.29, 0.717) is 26.3 Å². The molecule has 4 nitrogen and oxygen atoms in total. The lowest BCUT2D eigenvalue weighted by atomic mass is 10.2. The van der Waals surface area contributed by atoms with Gasteiger partial charge in [-0.3, -0.25) is 4.79 Å². The number of aryl methyl sites for hydroxylation is 1. The number of hydrogen-bond donors (Lipinski definition) is 1. The van der Waals surface area contributed by atoms with Gasteiger partial charge >= 0.3 is 5.97 Å². The second-order valence-electron chi connectivity index (χ2n) is 5.14. The predicted molar refractivity (Wildman–Crippen MR) is 101 cm³/mol. The topological polar surface area (TPSA) is 55.4 Å². The Morgan fingerprint density at radius 1 is 1.08 bits per heavy atom. The lowest BCUT2D eigenvalue weighted by Gasteiger charge is -2.07. The zero-order chi connectivity index (χ0) is 18.4. The van der Waals surface area contributed by atoms with Crippen LogP contribution in [0.2, 0.25) is 15.1 Å². The van der Waals surface area contributed by atoms with Crippen LogP contribution in [0.1, 0.15) is 11.1 Å². The molecule has 2 aromatic carbocycles. The van der Waals surface area contributed by atoms with Crippen molar-refractivity contribution in [3.05, 3.63) is 68.7 Å². The molecule has 130 valence electrons. The van der Waals surface area contributed by atoms with Gasteiger partial charge in [0.15, 0.2) is 6.61 Å². The van der Waals surface area contributed by atoms with Crippen LogP contribution in [0.5, 0.6) is 0 Å². The van der Waals surface area contributed by atoms with Gasteiger partial charge < -0.3 is 10.1 Å². The molecule has 0 aliphatic carbocycles. The number of halogens is 3. The Hall–Kier alpha value is -2.01. The van der Waals surface area contributed by atoms with Gasteiger partial charge in [-0.05, 0) is 48.4 Å². The predicted octanol–water partition coefficient (Wildman–Crippen LogP) is 5.15. The minimum Gasteiger partial charge on any atom is -0.452 e. The molecule has 0 saturated heterocycles. The third kappa shape index (κ3) is 6.09. The largest absolute Gasteiger partial charge is 0.452 e. The van der Waals surface area contributed by atoms with Gasteiger partial charge in [0, 0.05) is 16.1 Å². The van der Waals surface area contributed by atoms with E-state index >= 15 is 0 Å². The van der Waals surface area contributed by atoms with E-state index in [-0.39, 0.29) is 0 Å². The first-order chi connectivity index (χ1) is 11.8. The summed E-state index contributed by atoms with van der Waals surface area (Å²) < 4.78 is 4.87. The number of anilines is 1. The van der Waals surface area contributed by atoms with Crippen LogP contribution in [-0.2, 0) is 14.3 Å². The second kappa shape index (κ2) is 8.90. The van der Waals surface area contributed by atoms with Crippen molar-refractivity contribution in [3.8, 4) is 0 Å². The number of benzene rings is 2. The summed E-state index contributed by atoms with van der Waals surface area (Å²) in [7, 11) is 0. The van der Waals surface area contributed by atoms with Gasteiger partial charge in [-0.15, -0.1) is 0 Å². The molecule has 0 aliphatic rings. The van der Waals surface area contributed by atoms with Crippen molar-refractivity contribution in [2.24, 2.45) is 0 Å². The standard InChI is InChI=1S/C18H14Cl3NO3/c1-11-2-6-16(15(21)8-11)22-17(23)10-25-18(24)7-4-12-3-5-13(19)9-14(12)20/h2-9H,10H2,1H3,(H,22,23)/b7-4+. The summed E-state index contributed by atoms with van der Waals surface area (Å²) >= 11 is 17.8. The van der Waals surface area contributed by atoms with Crippen LogP contribution in [0.3, 0.4) is 0 Å². The summed E-state index contributed by atoms with van der Waals surface area (Å²) in [5.41, 5.74) is 2.04. The SMILES string of the molecule is Cc1ccc(NC(=O)COC(=O)/C=C/c2ccc(Cl)cc2Cl)c(Cl)c1. The molecule has 0 saturated carbocycles. The fourth-order valence-electron chi connectivity index (χ4n) is 1.89. The van der Waals surface area contributed by atoms with E-state index in [2.05, 4.69) is 5.32 Å². The van der Waals surface area contributed by atoms with Crippen LogP contribution in [0.15, 0.2) is 42.5 Å². The molecule has 0 aliphatic heterocycles. The van der Waals surface area contributed by atoms with Crippen molar-refractivity contribution in [1.82, 2.24) is 0 Å². The average molecular weight is 399 g/mol. The summed E-state index contributed by atoms with van der Waals surface area (Å²) in [6.07, 6.45) is 2.66. The molecule has 0 unspecified atom stereocenters. The van der Waals surface area contributed by atoms with Crippen molar-refractivity contribution in [2.75, 3.05) is 11.9 Å². The molecule has 25 heavy (non-hydrogen) atoms. The molecule has 0 atom stereocenters. The molecule has 7 heteroatoms. The maximum atomic E-state index is 11.8. The monoisotopic (exact) mass is 397 g/mol. The summed E-state index contributed by atoms with van der Waals surface area (Å²) in [5, 5.41) is 3.89. The van der Waals surface area contributed by atoms with Gasteiger partial charge in [-0.2, -0.15) is 0 Å². The van der Waals surface area contributed by atoms with Gasteiger partial charge in [0.1, 0.15) is 0 Å². The van der Waals surface area contributed by atoms with Crippen LogP contribution >= 0.6 is 34.8 Å². The highest BCUT2D eigenvalue weighted by molar-refractivity contribution is 6.35. The molecule has 0 spiro atoms. The molecular weight excluding hydrogens is 385 g/mol. The molecule has 1 N–H and O–H groups in total. The van der Waals surface area contributed by atoms with Crippen molar-refractivity contribution < 1.29 is 14.3 Å². The fourth-order valence-corrected chi connectivity index (χ4v) is 2.64. The summed E-state index contributed by atoms with van der Waals surface area (Å²) in [6, 6.07) is 10.1. The van der Waals surface area contributed by atoms with Gasteiger partial charge in [-0.25, -0.2) is 4.79 Å². The number of nitrogens with one attached hydrogen (secondary N) is 1. The smallest absolute Gasteiger partial charge is 0.331 e. The lowest BCUT2D eigenvalue weighted by molar-refractivity contribution is -0.142. The van der Waals surface area contributed by atoms with E-state index in [9.17, 15) is 9.59 Å². The van der Waals surface area contributed by atoms with Crippen LogP contribution in [-0.4, -0.2) is 18.5 Å². The van der Waals surface area contributed by atoms with E-state index in [4.69, 9.17) is 39.5 Å². The normalized spacial score (nSPS) is 10.7. The highest BCUT2D eigenvalue weighted by atomic mass is 35.5. The number of hydrogen-bond acceptors (Lipinski definition) is 3. The number of carbonyl (C=O) groups excluding carboxylic acids is 2. The Labute approximate surface area is 160 Å². The van der Waals surface area contributed by atoms with Crippen molar-refractivity contribution in [2.45, 2.75) is 6.92 Å². The zero-order valence-electron chi connectivity index (χ0n) is 13.2. The minimum absolute atomic E-state index is 0.406. The Kier molecular flexibility index (Phi) is 6.88. The lowest BCUT2D eigenvalue weighted by Crippen LogP contribution is -2.20. The van der Waals surface area contributed by atoms with E-state index in [1.807, 2.05) is 13.0 Å². The van der Waals surface area contributed by atoms with Crippen LogP contribution < -0.4 is 5.32 Å². The quantitative estimate of drug-likeness (QED) is 0.560. The third-order valence-electron chi connectivity index (χ3n) is 3.11. The van der Waals surface area contributed by atoms with Crippen LogP contribution in [0.25, 0.3) is 6.08 Å². The first-order valence-corrected chi connectivity index (χ1v) is 8.34. The van der Waals surface area contributed by atoms with Crippen LogP contribution in [0.4, 0.5) is 5.69 Å². The molecule has 2 rings (SSSR count). The van der Waals surface area contributed by atoms with Gasteiger partial charge in [0.25, 0.3) is 5.91 Å². The van der Waals surface area contributed by atoms with Gasteiger partial charge in [0.2, 0.25) is 0 Å². The maximum Gasteiger partial charge on any atom is 0.331 e. The van der Waals surface area contributed by atoms with E-state index < -0.39 is 18.5 Å². The van der Waals surface area contributed by atoms with Crippen molar-refractivity contribution in [3.63, 3.8) is 0 Å². The van der Waals surface area contributed by atoms with Crippen LogP contribution in [0, 0.1) is 6.92 Å². The number of carbonyl (C=O) groups is 2. The van der Waals surface area contributed by atoms with E-state index in [1.165, 1.54) is 12.2 Å². The Bertz CT molecular complexity index is 834. The van der Waals surface area contributed by atoms with Crippen molar-refractivity contribution in [1.29, 1.82) is 0 Å². The molecule has 0 bridgehead atoms.